The fraction of sp³-hybridized carbons (Fsp3) is 0.700. The Hall–Kier alpha value is -0.310. The largest absolute Gasteiger partial charge is 0.459 e. The Morgan fingerprint density at radius 3 is 2.31 bits per heavy atom. The molecule has 0 aliphatic heterocycles. The van der Waals surface area contributed by atoms with Gasteiger partial charge in [0.25, 0.3) is 0 Å². The molecular formula is C10H17BrO2. The van der Waals surface area contributed by atoms with Crippen molar-refractivity contribution >= 4 is 21.9 Å². The minimum absolute atomic E-state index is 0.264. The number of halogens is 1. The first-order valence-corrected chi connectivity index (χ1v) is 5.24. The number of ether oxygens (including phenoxy) is 1. The fourth-order valence-electron chi connectivity index (χ4n) is 0.699. The lowest BCUT2D eigenvalue weighted by molar-refractivity contribution is -0.153. The van der Waals surface area contributed by atoms with Crippen LogP contribution >= 0.6 is 15.9 Å². The van der Waals surface area contributed by atoms with E-state index in [1.807, 2.05) is 27.7 Å². The molecular weight excluding hydrogens is 232 g/mol. The average Bonchev–Trinajstić information content (AvgIpc) is 1.98. The van der Waals surface area contributed by atoms with Gasteiger partial charge in [-0.05, 0) is 27.2 Å². The van der Waals surface area contributed by atoms with Gasteiger partial charge in [0.05, 0.1) is 0 Å². The minimum atomic E-state index is -0.433. The van der Waals surface area contributed by atoms with Crippen LogP contribution in [0.4, 0.5) is 0 Å². The molecule has 13 heavy (non-hydrogen) atoms. The third-order valence-electron chi connectivity index (χ3n) is 1.43. The first-order valence-electron chi connectivity index (χ1n) is 4.32. The van der Waals surface area contributed by atoms with Gasteiger partial charge in [0.15, 0.2) is 0 Å². The molecule has 0 bridgehead atoms. The van der Waals surface area contributed by atoms with Crippen LogP contribution in [0.2, 0.25) is 0 Å². The van der Waals surface area contributed by atoms with Crippen molar-refractivity contribution in [2.24, 2.45) is 0 Å². The molecule has 0 heterocycles. The van der Waals surface area contributed by atoms with Gasteiger partial charge in [-0.1, -0.05) is 35.0 Å². The van der Waals surface area contributed by atoms with E-state index in [0.717, 1.165) is 12.0 Å². The monoisotopic (exact) mass is 248 g/mol. The lowest BCUT2D eigenvalue weighted by Gasteiger charge is -2.22. The van der Waals surface area contributed by atoms with Crippen LogP contribution in [0.25, 0.3) is 0 Å². The molecule has 1 unspecified atom stereocenters. The van der Waals surface area contributed by atoms with E-state index in [1.165, 1.54) is 0 Å². The Morgan fingerprint density at radius 1 is 1.54 bits per heavy atom. The van der Waals surface area contributed by atoms with Crippen molar-refractivity contribution in [2.75, 3.05) is 0 Å². The zero-order chi connectivity index (χ0) is 10.6. The zero-order valence-corrected chi connectivity index (χ0v) is 10.3. The topological polar surface area (TPSA) is 26.3 Å². The quantitative estimate of drug-likeness (QED) is 0.436. The maximum Gasteiger partial charge on any atom is 0.324 e. The van der Waals surface area contributed by atoms with Gasteiger partial charge in [0, 0.05) is 0 Å². The standard InChI is InChI=1S/C10H17BrO2/c1-6-7(2)8(11)9(12)13-10(3,4)5/h8H,2,6H2,1,3-5H3. The summed E-state index contributed by atoms with van der Waals surface area (Å²) in [6.45, 7) is 11.3. The van der Waals surface area contributed by atoms with E-state index >= 15 is 0 Å². The van der Waals surface area contributed by atoms with Crippen LogP contribution in [-0.4, -0.2) is 16.4 Å². The predicted molar refractivity (Wildman–Crippen MR) is 58.0 cm³/mol. The van der Waals surface area contributed by atoms with Crippen molar-refractivity contribution < 1.29 is 9.53 Å². The van der Waals surface area contributed by atoms with Crippen molar-refractivity contribution in [2.45, 2.75) is 44.5 Å². The lowest BCUT2D eigenvalue weighted by atomic mass is 10.1. The molecule has 0 radical (unpaired) electrons. The van der Waals surface area contributed by atoms with Crippen LogP contribution in [0.3, 0.4) is 0 Å². The maximum atomic E-state index is 11.4. The van der Waals surface area contributed by atoms with E-state index < -0.39 is 5.60 Å². The summed E-state index contributed by atoms with van der Waals surface area (Å²) in [6.07, 6.45) is 0.773. The summed E-state index contributed by atoms with van der Waals surface area (Å²) in [7, 11) is 0. The number of alkyl halides is 1. The Labute approximate surface area is 88.5 Å². The Balaban J connectivity index is 4.20. The van der Waals surface area contributed by atoms with E-state index in [4.69, 9.17) is 4.74 Å². The van der Waals surface area contributed by atoms with Crippen molar-refractivity contribution in [1.82, 2.24) is 0 Å². The third-order valence-corrected chi connectivity index (χ3v) is 2.45. The number of hydrogen-bond donors (Lipinski definition) is 0. The molecule has 0 aromatic rings. The predicted octanol–water partition coefficient (Wildman–Crippen LogP) is 3.06. The van der Waals surface area contributed by atoms with E-state index in [2.05, 4.69) is 22.5 Å². The summed E-state index contributed by atoms with van der Waals surface area (Å²) in [5.41, 5.74) is 0.408. The average molecular weight is 249 g/mol. The second kappa shape index (κ2) is 4.80. The summed E-state index contributed by atoms with van der Waals surface area (Å²) < 4.78 is 5.18. The highest BCUT2D eigenvalue weighted by Gasteiger charge is 2.23. The van der Waals surface area contributed by atoms with Gasteiger partial charge in [0.1, 0.15) is 10.4 Å². The summed E-state index contributed by atoms with van der Waals surface area (Å²) in [5, 5.41) is 0. The Bertz CT molecular complexity index is 203. The molecule has 0 aliphatic rings. The summed E-state index contributed by atoms with van der Waals surface area (Å²) in [5.74, 6) is -0.264. The van der Waals surface area contributed by atoms with Crippen LogP contribution in [0.15, 0.2) is 12.2 Å². The van der Waals surface area contributed by atoms with Gasteiger partial charge in [-0.2, -0.15) is 0 Å². The molecule has 76 valence electrons. The first-order chi connectivity index (χ1) is 5.78. The molecule has 2 nitrogen and oxygen atoms in total. The second-order valence-corrected chi connectivity index (χ2v) is 4.82. The van der Waals surface area contributed by atoms with Crippen molar-refractivity contribution in [3.63, 3.8) is 0 Å². The molecule has 0 N–H and O–H groups in total. The highest BCUT2D eigenvalue weighted by molar-refractivity contribution is 9.10. The van der Waals surface area contributed by atoms with Gasteiger partial charge in [-0.25, -0.2) is 0 Å². The molecule has 0 saturated heterocycles. The number of carbonyl (C=O) groups excluding carboxylic acids is 1. The number of rotatable bonds is 3. The van der Waals surface area contributed by atoms with Crippen LogP contribution < -0.4 is 0 Å². The number of carbonyl (C=O) groups is 1. The minimum Gasteiger partial charge on any atom is -0.459 e. The van der Waals surface area contributed by atoms with Crippen LogP contribution in [0.1, 0.15) is 34.1 Å². The van der Waals surface area contributed by atoms with E-state index in [0.29, 0.717) is 0 Å². The van der Waals surface area contributed by atoms with Crippen molar-refractivity contribution in [3.8, 4) is 0 Å². The smallest absolute Gasteiger partial charge is 0.324 e. The second-order valence-electron chi connectivity index (χ2n) is 3.91. The van der Waals surface area contributed by atoms with E-state index in [-0.39, 0.29) is 10.8 Å². The molecule has 0 fully saturated rings. The molecule has 0 aromatic heterocycles. The van der Waals surface area contributed by atoms with E-state index in [1.54, 1.807) is 0 Å². The lowest BCUT2D eigenvalue weighted by Crippen LogP contribution is -2.29. The molecule has 0 amide bonds. The summed E-state index contributed by atoms with van der Waals surface area (Å²) in [6, 6.07) is 0. The first kappa shape index (κ1) is 12.7. The molecule has 0 aliphatic carbocycles. The van der Waals surface area contributed by atoms with E-state index in [9.17, 15) is 4.79 Å². The molecule has 0 rings (SSSR count). The van der Waals surface area contributed by atoms with Crippen LogP contribution in [-0.2, 0) is 9.53 Å². The number of esters is 1. The molecule has 0 spiro atoms. The van der Waals surface area contributed by atoms with Crippen LogP contribution in [0.5, 0.6) is 0 Å². The SMILES string of the molecule is C=C(CC)C(Br)C(=O)OC(C)(C)C. The zero-order valence-electron chi connectivity index (χ0n) is 8.69. The van der Waals surface area contributed by atoms with Gasteiger partial charge >= 0.3 is 5.97 Å². The van der Waals surface area contributed by atoms with Gasteiger partial charge < -0.3 is 4.74 Å². The molecule has 0 aromatic carbocycles. The van der Waals surface area contributed by atoms with Crippen LogP contribution in [0, 0.1) is 0 Å². The molecule has 1 atom stereocenters. The summed E-state index contributed by atoms with van der Waals surface area (Å²) >= 11 is 3.25. The normalized spacial score (nSPS) is 13.6. The van der Waals surface area contributed by atoms with Gasteiger partial charge in [-0.15, -0.1) is 0 Å². The highest BCUT2D eigenvalue weighted by Crippen LogP contribution is 2.18. The Morgan fingerprint density at radius 2 is 2.00 bits per heavy atom. The third kappa shape index (κ3) is 5.09. The van der Waals surface area contributed by atoms with Crippen molar-refractivity contribution in [3.05, 3.63) is 12.2 Å². The van der Waals surface area contributed by atoms with Gasteiger partial charge in [-0.3, -0.25) is 4.79 Å². The summed E-state index contributed by atoms with van der Waals surface area (Å²) in [4.78, 5) is 11.1. The highest BCUT2D eigenvalue weighted by atomic mass is 79.9. The number of hydrogen-bond acceptors (Lipinski definition) is 2. The Kier molecular flexibility index (Phi) is 4.68. The fourth-order valence-corrected chi connectivity index (χ4v) is 1.12. The van der Waals surface area contributed by atoms with Crippen molar-refractivity contribution in [1.29, 1.82) is 0 Å². The molecule has 3 heteroatoms. The molecule has 0 saturated carbocycles. The van der Waals surface area contributed by atoms with Gasteiger partial charge in [0.2, 0.25) is 0 Å². The maximum absolute atomic E-state index is 11.4.